The van der Waals surface area contributed by atoms with Crippen LogP contribution in [0.15, 0.2) is 12.4 Å². The fourth-order valence-electron chi connectivity index (χ4n) is 1.33. The minimum atomic E-state index is -0.236. The summed E-state index contributed by atoms with van der Waals surface area (Å²) in [5.41, 5.74) is 0.495. The number of hydrogen-bond acceptors (Lipinski definition) is 5. The summed E-state index contributed by atoms with van der Waals surface area (Å²) in [4.78, 5) is 19.3. The monoisotopic (exact) mass is 251 g/mol. The molecule has 2 rings (SSSR count). The van der Waals surface area contributed by atoms with Gasteiger partial charge in [0.05, 0.1) is 5.69 Å². The van der Waals surface area contributed by atoms with Crippen LogP contribution in [0.1, 0.15) is 36.1 Å². The van der Waals surface area contributed by atoms with Crippen LogP contribution in [-0.4, -0.2) is 25.5 Å². The second-order valence-corrected chi connectivity index (χ2v) is 5.35. The third-order valence-corrected chi connectivity index (χ3v) is 2.86. The predicted octanol–water partition coefficient (Wildman–Crippen LogP) is 1.81. The van der Waals surface area contributed by atoms with Crippen LogP contribution in [0.5, 0.6) is 0 Å². The van der Waals surface area contributed by atoms with Crippen LogP contribution in [0.4, 0.5) is 5.95 Å². The molecule has 1 amide bonds. The van der Waals surface area contributed by atoms with E-state index in [4.69, 9.17) is 0 Å². The molecule has 0 unspecified atom stereocenters. The fraction of sp³-hybridized carbons (Fsp3) is 0.400. The second kappa shape index (κ2) is 4.25. The van der Waals surface area contributed by atoms with Crippen molar-refractivity contribution in [1.82, 2.24) is 19.6 Å². The standard InChI is InChI=1S/C10H13N5OS/c1-10(2,3)7-6(17-15-14-7)8(16)13-9-11-4-5-12-9/h4-5H,1-3H3,(H2,11,12,13,16). The van der Waals surface area contributed by atoms with Crippen molar-refractivity contribution in [3.63, 3.8) is 0 Å². The van der Waals surface area contributed by atoms with E-state index in [-0.39, 0.29) is 11.3 Å². The Balaban J connectivity index is 2.23. The quantitative estimate of drug-likeness (QED) is 0.852. The number of hydrogen-bond donors (Lipinski definition) is 2. The molecule has 0 fully saturated rings. The van der Waals surface area contributed by atoms with Crippen molar-refractivity contribution in [3.8, 4) is 0 Å². The van der Waals surface area contributed by atoms with E-state index in [1.807, 2.05) is 20.8 Å². The predicted molar refractivity (Wildman–Crippen MR) is 65.1 cm³/mol. The fourth-order valence-corrected chi connectivity index (χ4v) is 2.10. The molecule has 0 radical (unpaired) electrons. The molecule has 0 atom stereocenters. The van der Waals surface area contributed by atoms with Crippen molar-refractivity contribution in [3.05, 3.63) is 23.0 Å². The van der Waals surface area contributed by atoms with Gasteiger partial charge in [-0.2, -0.15) is 0 Å². The van der Waals surface area contributed by atoms with Crippen LogP contribution >= 0.6 is 11.5 Å². The van der Waals surface area contributed by atoms with Gasteiger partial charge in [-0.1, -0.05) is 25.3 Å². The first-order valence-corrected chi connectivity index (χ1v) is 5.89. The van der Waals surface area contributed by atoms with Crippen LogP contribution in [0, 0.1) is 0 Å². The molecular weight excluding hydrogens is 238 g/mol. The summed E-state index contributed by atoms with van der Waals surface area (Å²) in [7, 11) is 0. The summed E-state index contributed by atoms with van der Waals surface area (Å²) >= 11 is 1.09. The van der Waals surface area contributed by atoms with Gasteiger partial charge in [0.25, 0.3) is 5.91 Å². The third kappa shape index (κ3) is 2.50. The Labute approximate surface area is 103 Å². The maximum Gasteiger partial charge on any atom is 0.271 e. The number of H-pyrrole nitrogens is 1. The zero-order valence-corrected chi connectivity index (χ0v) is 10.6. The van der Waals surface area contributed by atoms with E-state index in [2.05, 4.69) is 24.9 Å². The lowest BCUT2D eigenvalue weighted by molar-refractivity contribution is 0.102. The van der Waals surface area contributed by atoms with E-state index in [0.717, 1.165) is 11.5 Å². The summed E-state index contributed by atoms with van der Waals surface area (Å²) in [5.74, 6) is 0.183. The first-order chi connectivity index (χ1) is 7.98. The van der Waals surface area contributed by atoms with Crippen molar-refractivity contribution in [2.24, 2.45) is 0 Å². The Hall–Kier alpha value is -1.76. The maximum atomic E-state index is 12.0. The van der Waals surface area contributed by atoms with Crippen LogP contribution in [0.25, 0.3) is 0 Å². The van der Waals surface area contributed by atoms with Gasteiger partial charge >= 0.3 is 0 Å². The lowest BCUT2D eigenvalue weighted by Crippen LogP contribution is -2.20. The molecule has 6 nitrogen and oxygen atoms in total. The highest BCUT2D eigenvalue weighted by atomic mass is 32.1. The first kappa shape index (κ1) is 11.7. The smallest absolute Gasteiger partial charge is 0.271 e. The van der Waals surface area contributed by atoms with Crippen molar-refractivity contribution in [2.75, 3.05) is 5.32 Å². The van der Waals surface area contributed by atoms with Gasteiger partial charge in [0.2, 0.25) is 5.95 Å². The highest BCUT2D eigenvalue weighted by Crippen LogP contribution is 2.26. The summed E-state index contributed by atoms with van der Waals surface area (Å²) in [6.07, 6.45) is 3.22. The van der Waals surface area contributed by atoms with Crippen LogP contribution < -0.4 is 5.32 Å². The molecule has 2 N–H and O–H groups in total. The molecule has 0 spiro atoms. The van der Waals surface area contributed by atoms with Gasteiger partial charge in [0.1, 0.15) is 4.88 Å². The van der Waals surface area contributed by atoms with Gasteiger partial charge in [0.15, 0.2) is 0 Å². The van der Waals surface area contributed by atoms with Gasteiger partial charge in [-0.3, -0.25) is 10.1 Å². The number of nitrogens with one attached hydrogen (secondary N) is 2. The van der Waals surface area contributed by atoms with Gasteiger partial charge in [0, 0.05) is 17.8 Å². The number of aromatic nitrogens is 4. The van der Waals surface area contributed by atoms with Crippen molar-refractivity contribution in [2.45, 2.75) is 26.2 Å². The Morgan fingerprint density at radius 2 is 2.24 bits per heavy atom. The average Bonchev–Trinajstić information content (AvgIpc) is 2.85. The van der Waals surface area contributed by atoms with Crippen molar-refractivity contribution < 1.29 is 4.79 Å². The van der Waals surface area contributed by atoms with Crippen LogP contribution in [0.3, 0.4) is 0 Å². The van der Waals surface area contributed by atoms with E-state index in [1.54, 1.807) is 12.4 Å². The molecule has 0 saturated carbocycles. The van der Waals surface area contributed by atoms with Crippen molar-refractivity contribution >= 4 is 23.4 Å². The SMILES string of the molecule is CC(C)(C)c1nnsc1C(=O)Nc1ncc[nH]1. The number of aromatic amines is 1. The van der Waals surface area contributed by atoms with Crippen molar-refractivity contribution in [1.29, 1.82) is 0 Å². The first-order valence-electron chi connectivity index (χ1n) is 5.12. The number of rotatable bonds is 2. The zero-order chi connectivity index (χ0) is 12.5. The number of amides is 1. The Morgan fingerprint density at radius 3 is 2.82 bits per heavy atom. The summed E-state index contributed by atoms with van der Waals surface area (Å²) in [5, 5.41) is 6.68. The number of carbonyl (C=O) groups is 1. The van der Waals surface area contributed by atoms with Gasteiger partial charge in [-0.25, -0.2) is 4.98 Å². The van der Waals surface area contributed by atoms with E-state index < -0.39 is 0 Å². The summed E-state index contributed by atoms with van der Waals surface area (Å²) in [6, 6.07) is 0. The molecule has 2 heterocycles. The summed E-state index contributed by atoms with van der Waals surface area (Å²) in [6.45, 7) is 5.98. The number of carbonyl (C=O) groups excluding carboxylic acids is 1. The maximum absolute atomic E-state index is 12.0. The lowest BCUT2D eigenvalue weighted by Gasteiger charge is -2.15. The molecule has 0 aliphatic carbocycles. The molecular formula is C10H13N5OS. The van der Waals surface area contributed by atoms with E-state index in [0.29, 0.717) is 16.5 Å². The highest BCUT2D eigenvalue weighted by Gasteiger charge is 2.26. The minimum absolute atomic E-state index is 0.206. The molecule has 0 bridgehead atoms. The molecule has 2 aromatic rings. The second-order valence-electron chi connectivity index (χ2n) is 4.59. The number of anilines is 1. The Kier molecular flexibility index (Phi) is 2.93. The minimum Gasteiger partial charge on any atom is -0.331 e. The Morgan fingerprint density at radius 1 is 1.47 bits per heavy atom. The normalized spacial score (nSPS) is 11.5. The zero-order valence-electron chi connectivity index (χ0n) is 9.81. The average molecular weight is 251 g/mol. The van der Waals surface area contributed by atoms with Gasteiger partial charge in [-0.05, 0) is 11.5 Å². The van der Waals surface area contributed by atoms with Crippen LogP contribution in [-0.2, 0) is 5.41 Å². The summed E-state index contributed by atoms with van der Waals surface area (Å²) < 4.78 is 3.84. The molecule has 0 aliphatic heterocycles. The molecule has 2 aromatic heterocycles. The van der Waals surface area contributed by atoms with E-state index >= 15 is 0 Å². The van der Waals surface area contributed by atoms with Crippen LogP contribution in [0.2, 0.25) is 0 Å². The molecule has 0 aromatic carbocycles. The number of nitrogens with zero attached hydrogens (tertiary/aromatic N) is 3. The highest BCUT2D eigenvalue weighted by molar-refractivity contribution is 7.08. The van der Waals surface area contributed by atoms with Gasteiger partial charge < -0.3 is 4.98 Å². The number of imidazole rings is 1. The van der Waals surface area contributed by atoms with E-state index in [9.17, 15) is 4.79 Å². The molecule has 7 heteroatoms. The van der Waals surface area contributed by atoms with Gasteiger partial charge in [-0.15, -0.1) is 5.10 Å². The molecule has 0 aliphatic rings. The largest absolute Gasteiger partial charge is 0.331 e. The molecule has 0 saturated heterocycles. The third-order valence-electron chi connectivity index (χ3n) is 2.13. The topological polar surface area (TPSA) is 83.6 Å². The Bertz CT molecular complexity index is 511. The lowest BCUT2D eigenvalue weighted by atomic mass is 9.91. The van der Waals surface area contributed by atoms with E-state index in [1.165, 1.54) is 0 Å². The molecule has 17 heavy (non-hydrogen) atoms. The molecule has 90 valence electrons.